The van der Waals surface area contributed by atoms with Crippen LogP contribution in [0.1, 0.15) is 22.4 Å². The average molecular weight is 249 g/mol. The summed E-state index contributed by atoms with van der Waals surface area (Å²) in [6.07, 6.45) is -0.0400. The maximum absolute atomic E-state index is 10.1. The van der Waals surface area contributed by atoms with Crippen molar-refractivity contribution in [1.82, 2.24) is 4.98 Å². The molecule has 0 saturated carbocycles. The molecule has 17 heavy (non-hydrogen) atoms. The van der Waals surface area contributed by atoms with Crippen molar-refractivity contribution in [3.63, 3.8) is 0 Å². The Morgan fingerprint density at radius 1 is 1.41 bits per heavy atom. The van der Waals surface area contributed by atoms with E-state index in [1.165, 1.54) is 11.3 Å². The van der Waals surface area contributed by atoms with Crippen molar-refractivity contribution in [3.05, 3.63) is 45.9 Å². The number of aromatic nitrogens is 1. The van der Waals surface area contributed by atoms with Gasteiger partial charge in [-0.3, -0.25) is 0 Å². The van der Waals surface area contributed by atoms with Crippen molar-refractivity contribution in [2.75, 3.05) is 7.11 Å². The standard InChI is InChI=1S/C13H15NO2S/c1-9-8-17-13(14-9)11(15)7-10-5-3-4-6-12(10)16-2/h3-6,8,11,15H,7H2,1-2H3. The number of thiazole rings is 1. The van der Waals surface area contributed by atoms with Crippen molar-refractivity contribution in [2.24, 2.45) is 0 Å². The molecule has 3 nitrogen and oxygen atoms in total. The maximum Gasteiger partial charge on any atom is 0.122 e. The number of para-hydroxylation sites is 1. The number of nitrogens with zero attached hydrogens (tertiary/aromatic N) is 1. The third kappa shape index (κ3) is 2.84. The van der Waals surface area contributed by atoms with Crippen LogP contribution < -0.4 is 4.74 Å². The first kappa shape index (κ1) is 12.1. The van der Waals surface area contributed by atoms with E-state index in [9.17, 15) is 5.11 Å². The zero-order valence-corrected chi connectivity index (χ0v) is 10.7. The fraction of sp³-hybridized carbons (Fsp3) is 0.308. The van der Waals surface area contributed by atoms with Crippen LogP contribution in [-0.4, -0.2) is 17.2 Å². The molecule has 2 rings (SSSR count). The molecule has 1 unspecified atom stereocenters. The molecule has 1 N–H and O–H groups in total. The zero-order valence-electron chi connectivity index (χ0n) is 9.88. The lowest BCUT2D eigenvalue weighted by Crippen LogP contribution is -2.03. The lowest BCUT2D eigenvalue weighted by atomic mass is 10.1. The van der Waals surface area contributed by atoms with E-state index in [0.717, 1.165) is 22.0 Å². The Balaban J connectivity index is 2.15. The first-order valence-corrected chi connectivity index (χ1v) is 6.30. The summed E-state index contributed by atoms with van der Waals surface area (Å²) in [5.74, 6) is 0.805. The van der Waals surface area contributed by atoms with Crippen LogP contribution in [0.2, 0.25) is 0 Å². The van der Waals surface area contributed by atoms with Gasteiger partial charge in [0, 0.05) is 17.5 Å². The molecular weight excluding hydrogens is 234 g/mol. The van der Waals surface area contributed by atoms with Crippen molar-refractivity contribution in [1.29, 1.82) is 0 Å². The van der Waals surface area contributed by atoms with E-state index in [1.807, 2.05) is 36.6 Å². The molecule has 0 spiro atoms. The summed E-state index contributed by atoms with van der Waals surface area (Å²) in [5, 5.41) is 12.8. The summed E-state index contributed by atoms with van der Waals surface area (Å²) in [7, 11) is 1.64. The molecule has 1 aromatic carbocycles. The van der Waals surface area contributed by atoms with E-state index in [-0.39, 0.29) is 0 Å². The lowest BCUT2D eigenvalue weighted by molar-refractivity contribution is 0.176. The van der Waals surface area contributed by atoms with Crippen molar-refractivity contribution in [3.8, 4) is 5.75 Å². The Kier molecular flexibility index (Phi) is 3.76. The molecule has 2 aromatic rings. The summed E-state index contributed by atoms with van der Waals surface area (Å²) in [5.41, 5.74) is 1.94. The molecule has 0 fully saturated rings. The van der Waals surface area contributed by atoms with E-state index in [0.29, 0.717) is 6.42 Å². The minimum atomic E-state index is -0.565. The fourth-order valence-corrected chi connectivity index (χ4v) is 2.47. The number of aryl methyl sites for hydroxylation is 1. The van der Waals surface area contributed by atoms with Gasteiger partial charge in [-0.05, 0) is 18.6 Å². The molecule has 0 amide bonds. The van der Waals surface area contributed by atoms with Crippen molar-refractivity contribution in [2.45, 2.75) is 19.4 Å². The Morgan fingerprint density at radius 2 is 2.18 bits per heavy atom. The van der Waals surface area contributed by atoms with Gasteiger partial charge in [-0.1, -0.05) is 18.2 Å². The van der Waals surface area contributed by atoms with Crippen molar-refractivity contribution >= 4 is 11.3 Å². The van der Waals surface area contributed by atoms with Gasteiger partial charge in [-0.15, -0.1) is 11.3 Å². The van der Waals surface area contributed by atoms with E-state index >= 15 is 0 Å². The number of aliphatic hydroxyl groups is 1. The normalized spacial score (nSPS) is 12.4. The molecule has 0 aliphatic heterocycles. The van der Waals surface area contributed by atoms with Crippen LogP contribution in [0.25, 0.3) is 0 Å². The summed E-state index contributed by atoms with van der Waals surface area (Å²) >= 11 is 1.49. The summed E-state index contributed by atoms with van der Waals surface area (Å²) in [6, 6.07) is 7.72. The van der Waals surface area contributed by atoms with Crippen LogP contribution in [0.5, 0.6) is 5.75 Å². The van der Waals surface area contributed by atoms with Crippen LogP contribution in [-0.2, 0) is 6.42 Å². The van der Waals surface area contributed by atoms with Gasteiger partial charge >= 0.3 is 0 Å². The summed E-state index contributed by atoms with van der Waals surface area (Å²) < 4.78 is 5.26. The van der Waals surface area contributed by atoms with Gasteiger partial charge in [-0.2, -0.15) is 0 Å². The maximum atomic E-state index is 10.1. The molecule has 1 atom stereocenters. The highest BCUT2D eigenvalue weighted by Crippen LogP contribution is 2.26. The van der Waals surface area contributed by atoms with E-state index in [2.05, 4.69) is 4.98 Å². The van der Waals surface area contributed by atoms with Gasteiger partial charge in [0.15, 0.2) is 0 Å². The number of aliphatic hydroxyl groups excluding tert-OH is 1. The zero-order chi connectivity index (χ0) is 12.3. The third-order valence-electron chi connectivity index (χ3n) is 2.53. The minimum absolute atomic E-state index is 0.525. The monoisotopic (exact) mass is 249 g/mol. The molecule has 4 heteroatoms. The van der Waals surface area contributed by atoms with Crippen LogP contribution >= 0.6 is 11.3 Å². The second-order valence-corrected chi connectivity index (χ2v) is 4.75. The Morgan fingerprint density at radius 3 is 2.82 bits per heavy atom. The number of hydrogen-bond acceptors (Lipinski definition) is 4. The molecule has 1 heterocycles. The highest BCUT2D eigenvalue weighted by atomic mass is 32.1. The summed E-state index contributed by atoms with van der Waals surface area (Å²) in [6.45, 7) is 1.93. The predicted octanol–water partition coefficient (Wildman–Crippen LogP) is 2.74. The molecule has 1 aromatic heterocycles. The van der Waals surface area contributed by atoms with Gasteiger partial charge in [0.1, 0.15) is 16.9 Å². The Hall–Kier alpha value is -1.39. The van der Waals surface area contributed by atoms with Gasteiger partial charge in [0.05, 0.1) is 7.11 Å². The van der Waals surface area contributed by atoms with Crippen molar-refractivity contribution < 1.29 is 9.84 Å². The van der Waals surface area contributed by atoms with E-state index in [4.69, 9.17) is 4.74 Å². The highest BCUT2D eigenvalue weighted by Gasteiger charge is 2.14. The average Bonchev–Trinajstić information content (AvgIpc) is 2.77. The quantitative estimate of drug-likeness (QED) is 0.906. The lowest BCUT2D eigenvalue weighted by Gasteiger charge is -2.11. The highest BCUT2D eigenvalue weighted by molar-refractivity contribution is 7.09. The molecule has 90 valence electrons. The van der Waals surface area contributed by atoms with Gasteiger partial charge in [-0.25, -0.2) is 4.98 Å². The Labute approximate surface area is 105 Å². The summed E-state index contributed by atoms with van der Waals surface area (Å²) in [4.78, 5) is 4.29. The number of benzene rings is 1. The molecule has 0 aliphatic rings. The number of hydrogen-bond donors (Lipinski definition) is 1. The number of ether oxygens (including phenoxy) is 1. The molecule has 0 saturated heterocycles. The van der Waals surface area contributed by atoms with Gasteiger partial charge < -0.3 is 9.84 Å². The second kappa shape index (κ2) is 5.29. The van der Waals surface area contributed by atoms with Gasteiger partial charge in [0.2, 0.25) is 0 Å². The first-order chi connectivity index (χ1) is 8.20. The first-order valence-electron chi connectivity index (χ1n) is 5.42. The van der Waals surface area contributed by atoms with E-state index in [1.54, 1.807) is 7.11 Å². The molecule has 0 aliphatic carbocycles. The largest absolute Gasteiger partial charge is 0.496 e. The number of methoxy groups -OCH3 is 1. The fourth-order valence-electron chi connectivity index (χ4n) is 1.69. The SMILES string of the molecule is COc1ccccc1CC(O)c1nc(C)cs1. The molecule has 0 radical (unpaired) electrons. The molecule has 0 bridgehead atoms. The van der Waals surface area contributed by atoms with Crippen LogP contribution in [0.4, 0.5) is 0 Å². The van der Waals surface area contributed by atoms with Gasteiger partial charge in [0.25, 0.3) is 0 Å². The van der Waals surface area contributed by atoms with Crippen LogP contribution in [0, 0.1) is 6.92 Å². The minimum Gasteiger partial charge on any atom is -0.496 e. The topological polar surface area (TPSA) is 42.4 Å². The third-order valence-corrected chi connectivity index (χ3v) is 3.59. The Bertz CT molecular complexity index is 496. The molecular formula is C13H15NO2S. The second-order valence-electron chi connectivity index (χ2n) is 3.86. The van der Waals surface area contributed by atoms with Crippen LogP contribution in [0.3, 0.4) is 0 Å². The van der Waals surface area contributed by atoms with Crippen LogP contribution in [0.15, 0.2) is 29.6 Å². The number of rotatable bonds is 4. The van der Waals surface area contributed by atoms with E-state index < -0.39 is 6.10 Å². The smallest absolute Gasteiger partial charge is 0.122 e. The predicted molar refractivity (Wildman–Crippen MR) is 68.5 cm³/mol.